The molecule has 1 aromatic carbocycles. The highest BCUT2D eigenvalue weighted by Gasteiger charge is 2.33. The number of nitrogens with zero attached hydrogens (tertiary/aromatic N) is 2. The van der Waals surface area contributed by atoms with Crippen molar-refractivity contribution in [2.45, 2.75) is 32.5 Å². The van der Waals surface area contributed by atoms with Gasteiger partial charge in [-0.3, -0.25) is 0 Å². The maximum atomic E-state index is 12.9. The summed E-state index contributed by atoms with van der Waals surface area (Å²) >= 11 is 0. The van der Waals surface area contributed by atoms with E-state index in [1.807, 2.05) is 20.8 Å². The summed E-state index contributed by atoms with van der Waals surface area (Å²) in [7, 11) is 0. The molecule has 0 aliphatic heterocycles. The molecule has 0 radical (unpaired) electrons. The molecule has 0 unspecified atom stereocenters. The van der Waals surface area contributed by atoms with Crippen molar-refractivity contribution in [2.75, 3.05) is 0 Å². The van der Waals surface area contributed by atoms with Gasteiger partial charge in [-0.2, -0.15) is 18.3 Å². The first-order chi connectivity index (χ1) is 9.17. The number of hydrogen-bond donors (Lipinski definition) is 0. The van der Waals surface area contributed by atoms with E-state index < -0.39 is 17.3 Å². The van der Waals surface area contributed by atoms with Gasteiger partial charge in [-0.1, -0.05) is 12.1 Å². The second kappa shape index (κ2) is 4.85. The average molecular weight is 284 g/mol. The molecule has 108 valence electrons. The largest absolute Gasteiger partial charge is 0.485 e. The molecule has 0 atom stereocenters. The standard InChI is InChI=1S/C14H15F3N2O/c1-13(2,3)20-10-8-18-19(9-10)12-7-5-4-6-11(12)14(15,16)17/h4-9H,1-3H3. The molecule has 0 aliphatic carbocycles. The highest BCUT2D eigenvalue weighted by molar-refractivity contribution is 5.43. The van der Waals surface area contributed by atoms with Crippen LogP contribution in [0.15, 0.2) is 36.7 Å². The van der Waals surface area contributed by atoms with Crippen molar-refractivity contribution in [2.24, 2.45) is 0 Å². The lowest BCUT2D eigenvalue weighted by molar-refractivity contribution is -0.137. The van der Waals surface area contributed by atoms with Crippen LogP contribution >= 0.6 is 0 Å². The van der Waals surface area contributed by atoms with E-state index in [0.29, 0.717) is 5.75 Å². The monoisotopic (exact) mass is 284 g/mol. The molecule has 2 rings (SSSR count). The molecular weight excluding hydrogens is 269 g/mol. The molecule has 0 saturated carbocycles. The Balaban J connectivity index is 2.38. The number of hydrogen-bond acceptors (Lipinski definition) is 2. The maximum absolute atomic E-state index is 12.9. The van der Waals surface area contributed by atoms with Crippen molar-refractivity contribution in [3.63, 3.8) is 0 Å². The van der Waals surface area contributed by atoms with Gasteiger partial charge in [0.2, 0.25) is 0 Å². The molecular formula is C14H15F3N2O. The van der Waals surface area contributed by atoms with Crippen molar-refractivity contribution in [3.8, 4) is 11.4 Å². The molecule has 1 aromatic heterocycles. The number of para-hydroxylation sites is 1. The fourth-order valence-corrected chi connectivity index (χ4v) is 1.76. The summed E-state index contributed by atoms with van der Waals surface area (Å²) in [6.07, 6.45) is -1.58. The van der Waals surface area contributed by atoms with Gasteiger partial charge < -0.3 is 4.74 Å². The van der Waals surface area contributed by atoms with Crippen LogP contribution in [0.1, 0.15) is 26.3 Å². The SMILES string of the molecule is CC(C)(C)Oc1cnn(-c2ccccc2C(F)(F)F)c1. The molecule has 0 saturated heterocycles. The van der Waals surface area contributed by atoms with E-state index in [0.717, 1.165) is 6.07 Å². The van der Waals surface area contributed by atoms with Crippen LogP contribution in [0, 0.1) is 0 Å². The van der Waals surface area contributed by atoms with E-state index in [-0.39, 0.29) is 5.69 Å². The second-order valence-electron chi connectivity index (χ2n) is 5.35. The number of aromatic nitrogens is 2. The molecule has 0 N–H and O–H groups in total. The van der Waals surface area contributed by atoms with Crippen LogP contribution in [0.2, 0.25) is 0 Å². The zero-order valence-electron chi connectivity index (χ0n) is 11.4. The predicted molar refractivity (Wildman–Crippen MR) is 68.9 cm³/mol. The minimum Gasteiger partial charge on any atom is -0.485 e. The molecule has 2 aromatic rings. The van der Waals surface area contributed by atoms with Crippen LogP contribution in [0.5, 0.6) is 5.75 Å². The predicted octanol–water partition coefficient (Wildman–Crippen LogP) is 4.07. The average Bonchev–Trinajstić information content (AvgIpc) is 2.74. The van der Waals surface area contributed by atoms with E-state index in [1.54, 1.807) is 0 Å². The molecule has 1 heterocycles. The lowest BCUT2D eigenvalue weighted by Gasteiger charge is -2.19. The molecule has 3 nitrogen and oxygen atoms in total. The fraction of sp³-hybridized carbons (Fsp3) is 0.357. The van der Waals surface area contributed by atoms with Gasteiger partial charge in [0.05, 0.1) is 23.6 Å². The Bertz CT molecular complexity index is 597. The summed E-state index contributed by atoms with van der Waals surface area (Å²) in [4.78, 5) is 0. The van der Waals surface area contributed by atoms with Crippen LogP contribution in [-0.2, 0) is 6.18 Å². The summed E-state index contributed by atoms with van der Waals surface area (Å²) in [6, 6.07) is 5.29. The van der Waals surface area contributed by atoms with Crippen molar-refractivity contribution >= 4 is 0 Å². The third-order valence-corrected chi connectivity index (χ3v) is 2.44. The Kier molecular flexibility index (Phi) is 3.50. The lowest BCUT2D eigenvalue weighted by Crippen LogP contribution is -2.22. The van der Waals surface area contributed by atoms with E-state index in [1.165, 1.54) is 35.3 Å². The first-order valence-electron chi connectivity index (χ1n) is 6.07. The molecule has 6 heteroatoms. The summed E-state index contributed by atoms with van der Waals surface area (Å²) < 4.78 is 45.6. The van der Waals surface area contributed by atoms with Crippen LogP contribution < -0.4 is 4.74 Å². The Morgan fingerprint density at radius 3 is 2.35 bits per heavy atom. The third kappa shape index (κ3) is 3.31. The Morgan fingerprint density at radius 1 is 1.10 bits per heavy atom. The van der Waals surface area contributed by atoms with Gasteiger partial charge in [0.1, 0.15) is 5.60 Å². The molecule has 20 heavy (non-hydrogen) atoms. The number of rotatable bonds is 2. The van der Waals surface area contributed by atoms with Crippen molar-refractivity contribution in [1.82, 2.24) is 9.78 Å². The first kappa shape index (κ1) is 14.4. The van der Waals surface area contributed by atoms with E-state index in [9.17, 15) is 13.2 Å². The summed E-state index contributed by atoms with van der Waals surface area (Å²) in [5.74, 6) is 0.425. The highest BCUT2D eigenvalue weighted by atomic mass is 19.4. The first-order valence-corrected chi connectivity index (χ1v) is 6.07. The minimum atomic E-state index is -4.42. The van der Waals surface area contributed by atoms with Gasteiger partial charge in [-0.15, -0.1) is 0 Å². The van der Waals surface area contributed by atoms with Crippen molar-refractivity contribution in [1.29, 1.82) is 0 Å². The van der Waals surface area contributed by atoms with Crippen LogP contribution in [0.4, 0.5) is 13.2 Å². The molecule has 0 spiro atoms. The van der Waals surface area contributed by atoms with E-state index in [2.05, 4.69) is 5.10 Å². The van der Waals surface area contributed by atoms with Crippen molar-refractivity contribution in [3.05, 3.63) is 42.2 Å². The maximum Gasteiger partial charge on any atom is 0.418 e. The Hall–Kier alpha value is -1.98. The van der Waals surface area contributed by atoms with Crippen LogP contribution in [-0.4, -0.2) is 15.4 Å². The summed E-state index contributed by atoms with van der Waals surface area (Å²) in [5.41, 5.74) is -1.19. The Labute approximate surface area is 115 Å². The van der Waals surface area contributed by atoms with E-state index in [4.69, 9.17) is 4.74 Å². The third-order valence-electron chi connectivity index (χ3n) is 2.44. The molecule has 0 aliphatic rings. The number of halogens is 3. The zero-order chi connectivity index (χ0) is 15.0. The zero-order valence-corrected chi connectivity index (χ0v) is 11.4. The summed E-state index contributed by atoms with van der Waals surface area (Å²) in [6.45, 7) is 5.57. The highest BCUT2D eigenvalue weighted by Crippen LogP contribution is 2.33. The molecule has 0 fully saturated rings. The smallest absolute Gasteiger partial charge is 0.418 e. The van der Waals surface area contributed by atoms with Gasteiger partial charge >= 0.3 is 6.18 Å². The summed E-state index contributed by atoms with van der Waals surface area (Å²) in [5, 5.41) is 3.94. The fourth-order valence-electron chi connectivity index (χ4n) is 1.76. The number of alkyl halides is 3. The normalized spacial score (nSPS) is 12.5. The van der Waals surface area contributed by atoms with Gasteiger partial charge in [0.25, 0.3) is 0 Å². The molecule has 0 amide bonds. The van der Waals surface area contributed by atoms with Gasteiger partial charge in [0.15, 0.2) is 5.75 Å². The van der Waals surface area contributed by atoms with Crippen molar-refractivity contribution < 1.29 is 17.9 Å². The van der Waals surface area contributed by atoms with Gasteiger partial charge in [-0.25, -0.2) is 4.68 Å². The van der Waals surface area contributed by atoms with Gasteiger partial charge in [-0.05, 0) is 32.9 Å². The van der Waals surface area contributed by atoms with Gasteiger partial charge in [0, 0.05) is 0 Å². The topological polar surface area (TPSA) is 27.1 Å². The van der Waals surface area contributed by atoms with Crippen LogP contribution in [0.3, 0.4) is 0 Å². The van der Waals surface area contributed by atoms with Crippen LogP contribution in [0.25, 0.3) is 5.69 Å². The number of benzene rings is 1. The Morgan fingerprint density at radius 2 is 1.75 bits per heavy atom. The van der Waals surface area contributed by atoms with E-state index >= 15 is 0 Å². The number of ether oxygens (including phenoxy) is 1. The molecule has 0 bridgehead atoms. The minimum absolute atomic E-state index is 0.0243. The second-order valence-corrected chi connectivity index (χ2v) is 5.35. The quantitative estimate of drug-likeness (QED) is 0.831. The lowest BCUT2D eigenvalue weighted by atomic mass is 10.1.